The van der Waals surface area contributed by atoms with Gasteiger partial charge >= 0.3 is 0 Å². The summed E-state index contributed by atoms with van der Waals surface area (Å²) in [6.45, 7) is 0.712. The predicted octanol–water partition coefficient (Wildman–Crippen LogP) is 3.25. The minimum Gasteiger partial charge on any atom is -0.368 e. The summed E-state index contributed by atoms with van der Waals surface area (Å²) in [6.07, 6.45) is 3.66. The molecule has 3 rings (SSSR count). The Bertz CT molecular complexity index is 771. The van der Waals surface area contributed by atoms with Crippen LogP contribution in [0, 0.1) is 0 Å². The van der Waals surface area contributed by atoms with Gasteiger partial charge in [0, 0.05) is 18.9 Å². The molecule has 0 saturated carbocycles. The first-order chi connectivity index (χ1) is 11.2. The fraction of sp³-hybridized carbons (Fsp3) is 0.111. The van der Waals surface area contributed by atoms with Gasteiger partial charge in [-0.1, -0.05) is 72.4 Å². The average molecular weight is 323 g/mol. The van der Waals surface area contributed by atoms with Crippen molar-refractivity contribution in [2.24, 2.45) is 5.73 Å². The number of benzene rings is 2. The number of nitrogens with zero attached hydrogens (tertiary/aromatic N) is 2. The van der Waals surface area contributed by atoms with Crippen molar-refractivity contribution >= 4 is 17.7 Å². The number of amides is 1. The SMILES string of the molecule is NC(=O)[C@H](Sc1nccn1Cc1ccccc1)c1ccccc1. The molecule has 0 aliphatic heterocycles. The zero-order valence-electron chi connectivity index (χ0n) is 12.5. The molecule has 0 radical (unpaired) electrons. The Morgan fingerprint density at radius 1 is 1.09 bits per heavy atom. The third kappa shape index (κ3) is 3.81. The number of imidazole rings is 1. The van der Waals surface area contributed by atoms with Gasteiger partial charge in [-0.25, -0.2) is 4.98 Å². The summed E-state index contributed by atoms with van der Waals surface area (Å²) in [5, 5.41) is 0.328. The molecule has 1 amide bonds. The molecule has 2 N–H and O–H groups in total. The number of carbonyl (C=O) groups is 1. The number of carbonyl (C=O) groups excluding carboxylic acids is 1. The van der Waals surface area contributed by atoms with Crippen LogP contribution in [0.5, 0.6) is 0 Å². The van der Waals surface area contributed by atoms with Crippen LogP contribution in [-0.2, 0) is 11.3 Å². The van der Waals surface area contributed by atoms with Gasteiger partial charge in [0.25, 0.3) is 0 Å². The highest BCUT2D eigenvalue weighted by Crippen LogP contribution is 2.34. The molecular weight excluding hydrogens is 306 g/mol. The van der Waals surface area contributed by atoms with Crippen molar-refractivity contribution in [2.45, 2.75) is 17.0 Å². The summed E-state index contributed by atoms with van der Waals surface area (Å²) in [7, 11) is 0. The van der Waals surface area contributed by atoms with Crippen molar-refractivity contribution in [3.63, 3.8) is 0 Å². The maximum absolute atomic E-state index is 11.9. The lowest BCUT2D eigenvalue weighted by Crippen LogP contribution is -2.19. The van der Waals surface area contributed by atoms with Gasteiger partial charge in [-0.2, -0.15) is 0 Å². The molecule has 0 bridgehead atoms. The van der Waals surface area contributed by atoms with Crippen molar-refractivity contribution in [3.8, 4) is 0 Å². The molecule has 2 aromatic carbocycles. The third-order valence-corrected chi connectivity index (χ3v) is 4.75. The summed E-state index contributed by atoms with van der Waals surface area (Å²) < 4.78 is 2.03. The van der Waals surface area contributed by atoms with Crippen LogP contribution < -0.4 is 5.73 Å². The Labute approximate surface area is 139 Å². The van der Waals surface area contributed by atoms with Crippen molar-refractivity contribution < 1.29 is 4.79 Å². The van der Waals surface area contributed by atoms with E-state index >= 15 is 0 Å². The number of primary amides is 1. The van der Waals surface area contributed by atoms with E-state index in [9.17, 15) is 4.79 Å². The van der Waals surface area contributed by atoms with Gasteiger partial charge < -0.3 is 10.3 Å². The van der Waals surface area contributed by atoms with E-state index < -0.39 is 5.25 Å². The van der Waals surface area contributed by atoms with Crippen LogP contribution in [0.15, 0.2) is 78.2 Å². The van der Waals surface area contributed by atoms with Crippen molar-refractivity contribution in [1.29, 1.82) is 0 Å². The maximum Gasteiger partial charge on any atom is 0.235 e. The molecule has 0 unspecified atom stereocenters. The molecule has 0 saturated heterocycles. The Balaban J connectivity index is 1.82. The van der Waals surface area contributed by atoms with E-state index in [0.717, 1.165) is 10.7 Å². The molecule has 1 heterocycles. The molecule has 0 aliphatic carbocycles. The van der Waals surface area contributed by atoms with Gasteiger partial charge in [0.1, 0.15) is 5.25 Å². The molecule has 1 aromatic heterocycles. The summed E-state index contributed by atoms with van der Waals surface area (Å²) in [6, 6.07) is 19.7. The fourth-order valence-electron chi connectivity index (χ4n) is 2.34. The molecule has 0 spiro atoms. The topological polar surface area (TPSA) is 60.9 Å². The number of thioether (sulfide) groups is 1. The zero-order chi connectivity index (χ0) is 16.1. The minimum atomic E-state index is -0.451. The van der Waals surface area contributed by atoms with Crippen LogP contribution in [0.2, 0.25) is 0 Å². The van der Waals surface area contributed by atoms with Crippen molar-refractivity contribution in [1.82, 2.24) is 9.55 Å². The summed E-state index contributed by atoms with van der Waals surface area (Å²) in [5.74, 6) is -0.365. The van der Waals surface area contributed by atoms with Gasteiger partial charge in [-0.05, 0) is 11.1 Å². The standard InChI is InChI=1S/C18H17N3OS/c19-17(22)16(15-9-5-2-6-10-15)23-18-20-11-12-21(18)13-14-7-3-1-4-8-14/h1-12,16H,13H2,(H2,19,22)/t16-/m1/s1. The van der Waals surface area contributed by atoms with E-state index in [-0.39, 0.29) is 5.91 Å². The molecule has 4 nitrogen and oxygen atoms in total. The lowest BCUT2D eigenvalue weighted by atomic mass is 10.1. The minimum absolute atomic E-state index is 0.365. The zero-order valence-corrected chi connectivity index (χ0v) is 13.3. The van der Waals surface area contributed by atoms with Gasteiger partial charge in [-0.3, -0.25) is 4.79 Å². The maximum atomic E-state index is 11.9. The molecular formula is C18H17N3OS. The number of rotatable bonds is 6. The van der Waals surface area contributed by atoms with E-state index in [2.05, 4.69) is 17.1 Å². The van der Waals surface area contributed by atoms with Crippen LogP contribution in [0.1, 0.15) is 16.4 Å². The number of aromatic nitrogens is 2. The monoisotopic (exact) mass is 323 g/mol. The van der Waals surface area contributed by atoms with Crippen LogP contribution in [0.25, 0.3) is 0 Å². The third-order valence-electron chi connectivity index (χ3n) is 3.46. The fourth-order valence-corrected chi connectivity index (χ4v) is 3.34. The van der Waals surface area contributed by atoms with Gasteiger partial charge in [0.05, 0.1) is 0 Å². The van der Waals surface area contributed by atoms with Gasteiger partial charge in [0.15, 0.2) is 5.16 Å². The van der Waals surface area contributed by atoms with Crippen LogP contribution in [0.3, 0.4) is 0 Å². The molecule has 0 fully saturated rings. The number of hydrogen-bond acceptors (Lipinski definition) is 3. The normalized spacial score (nSPS) is 12.0. The molecule has 5 heteroatoms. The van der Waals surface area contributed by atoms with Crippen molar-refractivity contribution in [3.05, 3.63) is 84.2 Å². The first kappa shape index (κ1) is 15.4. The highest BCUT2D eigenvalue weighted by atomic mass is 32.2. The summed E-state index contributed by atoms with van der Waals surface area (Å²) in [5.41, 5.74) is 7.66. The summed E-state index contributed by atoms with van der Waals surface area (Å²) >= 11 is 1.38. The predicted molar refractivity (Wildman–Crippen MR) is 92.0 cm³/mol. The van der Waals surface area contributed by atoms with E-state index in [1.165, 1.54) is 17.3 Å². The van der Waals surface area contributed by atoms with E-state index in [4.69, 9.17) is 5.73 Å². The lowest BCUT2D eigenvalue weighted by Gasteiger charge is -2.14. The average Bonchev–Trinajstić information content (AvgIpc) is 3.01. The van der Waals surface area contributed by atoms with Crippen LogP contribution in [0.4, 0.5) is 0 Å². The second-order valence-corrected chi connectivity index (χ2v) is 6.21. The number of hydrogen-bond donors (Lipinski definition) is 1. The molecule has 0 aliphatic rings. The molecule has 116 valence electrons. The van der Waals surface area contributed by atoms with E-state index in [0.29, 0.717) is 6.54 Å². The second-order valence-electron chi connectivity index (χ2n) is 5.13. The number of nitrogens with two attached hydrogens (primary N) is 1. The Morgan fingerprint density at radius 3 is 2.39 bits per heavy atom. The molecule has 3 aromatic rings. The first-order valence-corrected chi connectivity index (χ1v) is 8.18. The van der Waals surface area contributed by atoms with Crippen LogP contribution >= 0.6 is 11.8 Å². The molecule has 1 atom stereocenters. The van der Waals surface area contributed by atoms with E-state index in [1.807, 2.05) is 59.3 Å². The highest BCUT2D eigenvalue weighted by Gasteiger charge is 2.21. The van der Waals surface area contributed by atoms with Gasteiger partial charge in [0.2, 0.25) is 5.91 Å². The van der Waals surface area contributed by atoms with Crippen LogP contribution in [-0.4, -0.2) is 15.5 Å². The van der Waals surface area contributed by atoms with E-state index in [1.54, 1.807) is 6.20 Å². The lowest BCUT2D eigenvalue weighted by molar-refractivity contribution is -0.117. The Hall–Kier alpha value is -2.53. The summed E-state index contributed by atoms with van der Waals surface area (Å²) in [4.78, 5) is 16.2. The smallest absolute Gasteiger partial charge is 0.235 e. The van der Waals surface area contributed by atoms with Gasteiger partial charge in [-0.15, -0.1) is 0 Å². The Kier molecular flexibility index (Phi) is 4.78. The first-order valence-electron chi connectivity index (χ1n) is 7.30. The highest BCUT2D eigenvalue weighted by molar-refractivity contribution is 8.00. The quantitative estimate of drug-likeness (QED) is 0.708. The Morgan fingerprint density at radius 2 is 1.74 bits per heavy atom. The largest absolute Gasteiger partial charge is 0.368 e. The van der Waals surface area contributed by atoms with Crippen molar-refractivity contribution in [2.75, 3.05) is 0 Å². The second kappa shape index (κ2) is 7.15. The molecule has 23 heavy (non-hydrogen) atoms.